The van der Waals surface area contributed by atoms with E-state index in [1.54, 1.807) is 29.4 Å². The zero-order chi connectivity index (χ0) is 14.1. The summed E-state index contributed by atoms with van der Waals surface area (Å²) in [6.07, 6.45) is 6.69. The molecule has 5 nitrogen and oxygen atoms in total. The molecule has 0 aliphatic carbocycles. The highest BCUT2D eigenvalue weighted by molar-refractivity contribution is 5.75. The van der Waals surface area contributed by atoms with Crippen LogP contribution in [-0.4, -0.2) is 19.5 Å². The molecule has 3 aromatic rings. The molecule has 0 saturated heterocycles. The second-order valence-corrected chi connectivity index (χ2v) is 4.88. The molecule has 100 valence electrons. The van der Waals surface area contributed by atoms with Gasteiger partial charge in [0, 0.05) is 30.2 Å². The lowest BCUT2D eigenvalue weighted by Gasteiger charge is -2.14. The Bertz CT molecular complexity index is 823. The smallest absolute Gasteiger partial charge is 0.264 e. The van der Waals surface area contributed by atoms with Gasteiger partial charge in [0.1, 0.15) is 5.65 Å². The van der Waals surface area contributed by atoms with Gasteiger partial charge in [0.25, 0.3) is 0 Å². The van der Waals surface area contributed by atoms with E-state index in [1.165, 1.54) is 0 Å². The van der Waals surface area contributed by atoms with E-state index in [9.17, 15) is 4.79 Å². The summed E-state index contributed by atoms with van der Waals surface area (Å²) in [4.78, 5) is 24.6. The minimum absolute atomic E-state index is 0.254. The van der Waals surface area contributed by atoms with Crippen LogP contribution in [0.4, 0.5) is 0 Å². The van der Waals surface area contributed by atoms with Gasteiger partial charge in [0.05, 0.1) is 5.69 Å². The van der Waals surface area contributed by atoms with Gasteiger partial charge in [-0.25, -0.2) is 19.3 Å². The summed E-state index contributed by atoms with van der Waals surface area (Å²) in [5, 5.41) is 0.832. The quantitative estimate of drug-likeness (QED) is 0.714. The minimum atomic E-state index is -0.329. The first-order valence-corrected chi connectivity index (χ1v) is 6.45. The summed E-state index contributed by atoms with van der Waals surface area (Å²) >= 11 is 0. The lowest BCUT2D eigenvalue weighted by Crippen LogP contribution is -2.23. The molecule has 0 atom stereocenters. The molecule has 0 aliphatic heterocycles. The Morgan fingerprint density at radius 3 is 2.75 bits per heavy atom. The largest absolute Gasteiger partial charge is 0.353 e. The number of hydrogen-bond donors (Lipinski definition) is 0. The van der Waals surface area contributed by atoms with Crippen molar-refractivity contribution < 1.29 is 0 Å². The molecule has 20 heavy (non-hydrogen) atoms. The van der Waals surface area contributed by atoms with Gasteiger partial charge in [0.2, 0.25) is 0 Å². The molecule has 5 heteroatoms. The molecule has 0 radical (unpaired) electrons. The highest BCUT2D eigenvalue weighted by Crippen LogP contribution is 2.22. The second-order valence-electron chi connectivity index (χ2n) is 4.88. The van der Waals surface area contributed by atoms with Gasteiger partial charge in [-0.15, -0.1) is 0 Å². The second kappa shape index (κ2) is 4.85. The van der Waals surface area contributed by atoms with E-state index in [0.29, 0.717) is 5.65 Å². The molecule has 0 amide bonds. The van der Waals surface area contributed by atoms with Crippen LogP contribution in [0.2, 0.25) is 0 Å². The normalized spacial score (nSPS) is 11.2. The molecule has 0 aromatic carbocycles. The Balaban J connectivity index is 2.41. The van der Waals surface area contributed by atoms with Crippen LogP contribution in [0.5, 0.6) is 0 Å². The fourth-order valence-electron chi connectivity index (χ4n) is 2.24. The number of nitrogens with zero attached hydrogens (tertiary/aromatic N) is 4. The summed E-state index contributed by atoms with van der Waals surface area (Å²) in [6.45, 7) is 4.13. The number of hydrogen-bond acceptors (Lipinski definition) is 4. The van der Waals surface area contributed by atoms with Crippen molar-refractivity contribution in [1.82, 2.24) is 19.5 Å². The molecule has 0 aliphatic rings. The van der Waals surface area contributed by atoms with Crippen LogP contribution in [0.3, 0.4) is 0 Å². The van der Waals surface area contributed by atoms with E-state index >= 15 is 0 Å². The summed E-state index contributed by atoms with van der Waals surface area (Å²) in [5.74, 6) is 0.254. The Kier molecular flexibility index (Phi) is 3.02. The van der Waals surface area contributed by atoms with E-state index in [-0.39, 0.29) is 11.6 Å². The maximum atomic E-state index is 12.2. The third-order valence-electron chi connectivity index (χ3n) is 3.22. The van der Waals surface area contributed by atoms with Gasteiger partial charge in [-0.1, -0.05) is 13.8 Å². The fourth-order valence-corrected chi connectivity index (χ4v) is 2.24. The van der Waals surface area contributed by atoms with Crippen molar-refractivity contribution in [3.05, 3.63) is 59.0 Å². The summed E-state index contributed by atoms with van der Waals surface area (Å²) in [7, 11) is 0. The van der Waals surface area contributed by atoms with E-state index < -0.39 is 0 Å². The van der Waals surface area contributed by atoms with Crippen LogP contribution in [0.25, 0.3) is 16.7 Å². The Hall–Kier alpha value is -2.56. The van der Waals surface area contributed by atoms with Crippen LogP contribution in [0.15, 0.2) is 47.8 Å². The van der Waals surface area contributed by atoms with E-state index in [1.807, 2.05) is 18.2 Å². The molecule has 0 unspecified atom stereocenters. The topological polar surface area (TPSA) is 60.7 Å². The lowest BCUT2D eigenvalue weighted by molar-refractivity contribution is 0.825. The Morgan fingerprint density at radius 1 is 1.10 bits per heavy atom. The third-order valence-corrected chi connectivity index (χ3v) is 3.22. The third kappa shape index (κ3) is 1.97. The molecule has 3 aromatic heterocycles. The molecular formula is C15H14N4O. The maximum absolute atomic E-state index is 12.2. The van der Waals surface area contributed by atoms with Crippen molar-refractivity contribution in [1.29, 1.82) is 0 Å². The first-order chi connectivity index (χ1) is 9.68. The van der Waals surface area contributed by atoms with Crippen molar-refractivity contribution in [2.45, 2.75) is 19.8 Å². The van der Waals surface area contributed by atoms with E-state index in [4.69, 9.17) is 0 Å². The van der Waals surface area contributed by atoms with Gasteiger partial charge in [-0.05, 0) is 29.7 Å². The van der Waals surface area contributed by atoms with Crippen molar-refractivity contribution in [2.75, 3.05) is 0 Å². The molecular weight excluding hydrogens is 252 g/mol. The van der Waals surface area contributed by atoms with E-state index in [2.05, 4.69) is 28.8 Å². The molecule has 0 saturated carbocycles. The van der Waals surface area contributed by atoms with Crippen molar-refractivity contribution in [3.8, 4) is 5.69 Å². The predicted molar refractivity (Wildman–Crippen MR) is 77.0 cm³/mol. The number of rotatable bonds is 2. The zero-order valence-electron chi connectivity index (χ0n) is 11.3. The maximum Gasteiger partial charge on any atom is 0.353 e. The Morgan fingerprint density at radius 2 is 1.95 bits per heavy atom. The standard InChI is InChI=1S/C15H14N4O/c1-10(2)12-9-16-7-5-13(12)19-14-11(4-3-6-17-14)8-18-15(19)20/h3-10H,1-2H3. The van der Waals surface area contributed by atoms with Crippen molar-refractivity contribution >= 4 is 11.0 Å². The number of aromatic nitrogens is 4. The molecule has 0 N–H and O–H groups in total. The van der Waals surface area contributed by atoms with Gasteiger partial charge in [-0.2, -0.15) is 0 Å². The van der Waals surface area contributed by atoms with Gasteiger partial charge in [-0.3, -0.25) is 4.98 Å². The van der Waals surface area contributed by atoms with Gasteiger partial charge < -0.3 is 0 Å². The minimum Gasteiger partial charge on any atom is -0.264 e. The van der Waals surface area contributed by atoms with Gasteiger partial charge >= 0.3 is 5.69 Å². The summed E-state index contributed by atoms with van der Waals surface area (Å²) in [6, 6.07) is 5.54. The van der Waals surface area contributed by atoms with Crippen LogP contribution < -0.4 is 5.69 Å². The fraction of sp³-hybridized carbons (Fsp3) is 0.200. The average molecular weight is 266 g/mol. The first-order valence-electron chi connectivity index (χ1n) is 6.45. The summed E-state index contributed by atoms with van der Waals surface area (Å²) in [5.41, 5.74) is 2.07. The number of pyridine rings is 2. The molecule has 3 heterocycles. The zero-order valence-corrected chi connectivity index (χ0v) is 11.3. The van der Waals surface area contributed by atoms with E-state index in [0.717, 1.165) is 16.6 Å². The van der Waals surface area contributed by atoms with Crippen LogP contribution >= 0.6 is 0 Å². The molecule has 0 fully saturated rings. The van der Waals surface area contributed by atoms with Gasteiger partial charge in [0.15, 0.2) is 0 Å². The molecule has 0 spiro atoms. The van der Waals surface area contributed by atoms with Crippen molar-refractivity contribution in [2.24, 2.45) is 0 Å². The SMILES string of the molecule is CC(C)c1cnccc1-n1c(=O)ncc2cccnc21. The van der Waals surface area contributed by atoms with Crippen molar-refractivity contribution in [3.63, 3.8) is 0 Å². The molecule has 3 rings (SSSR count). The lowest BCUT2D eigenvalue weighted by atomic mass is 10.0. The van der Waals surface area contributed by atoms with Crippen LogP contribution in [0.1, 0.15) is 25.3 Å². The van der Waals surface area contributed by atoms with Crippen LogP contribution in [0, 0.1) is 0 Å². The average Bonchev–Trinajstić information content (AvgIpc) is 2.47. The summed E-state index contributed by atoms with van der Waals surface area (Å²) < 4.78 is 1.55. The monoisotopic (exact) mass is 266 g/mol. The number of fused-ring (bicyclic) bond motifs is 1. The van der Waals surface area contributed by atoms with Crippen LogP contribution in [-0.2, 0) is 0 Å². The first kappa shape index (κ1) is 12.5. The highest BCUT2D eigenvalue weighted by atomic mass is 16.1. The predicted octanol–water partition coefficient (Wildman–Crippen LogP) is 2.30. The molecule has 0 bridgehead atoms. The Labute approximate surface area is 116 Å². The highest BCUT2D eigenvalue weighted by Gasteiger charge is 2.13.